The molecular weight excluding hydrogens is 345 g/mol. The molecule has 6 heteroatoms. The molecule has 0 atom stereocenters. The van der Waals surface area contributed by atoms with Crippen molar-refractivity contribution in [3.8, 4) is 0 Å². The van der Waals surface area contributed by atoms with Crippen molar-refractivity contribution >= 4 is 34.8 Å². The number of halogens is 2. The van der Waals surface area contributed by atoms with Crippen LogP contribution in [0.4, 0.5) is 5.69 Å². The standard InChI is InChI=1S/C18H15Cl2N3O/c19-14-6-7-17(20)16(10-14)18(24)22-15-11-21-23(12-15)9-8-13-4-2-1-3-5-13/h1-7,10-12H,8-9H2,(H,22,24). The Morgan fingerprint density at radius 2 is 1.92 bits per heavy atom. The largest absolute Gasteiger partial charge is 0.319 e. The van der Waals surface area contributed by atoms with Crippen LogP contribution in [-0.2, 0) is 13.0 Å². The number of carbonyl (C=O) groups excluding carboxylic acids is 1. The van der Waals surface area contributed by atoms with Crippen molar-refractivity contribution in [2.75, 3.05) is 5.32 Å². The van der Waals surface area contributed by atoms with Crippen LogP contribution >= 0.6 is 23.2 Å². The summed E-state index contributed by atoms with van der Waals surface area (Å²) in [5.74, 6) is -0.315. The van der Waals surface area contributed by atoms with Crippen molar-refractivity contribution in [1.29, 1.82) is 0 Å². The van der Waals surface area contributed by atoms with E-state index in [4.69, 9.17) is 23.2 Å². The molecule has 0 bridgehead atoms. The van der Waals surface area contributed by atoms with E-state index >= 15 is 0 Å². The number of nitrogens with zero attached hydrogens (tertiary/aromatic N) is 2. The fourth-order valence-electron chi connectivity index (χ4n) is 2.31. The van der Waals surface area contributed by atoms with Crippen LogP contribution in [-0.4, -0.2) is 15.7 Å². The summed E-state index contributed by atoms with van der Waals surface area (Å²) >= 11 is 12.0. The molecule has 3 aromatic rings. The summed E-state index contributed by atoms with van der Waals surface area (Å²) in [5.41, 5.74) is 2.19. The Morgan fingerprint density at radius 1 is 1.12 bits per heavy atom. The molecule has 122 valence electrons. The molecule has 24 heavy (non-hydrogen) atoms. The number of benzene rings is 2. The van der Waals surface area contributed by atoms with Crippen LogP contribution in [0.5, 0.6) is 0 Å². The number of amides is 1. The van der Waals surface area contributed by atoms with Crippen LogP contribution in [0.1, 0.15) is 15.9 Å². The van der Waals surface area contributed by atoms with Gasteiger partial charge in [-0.05, 0) is 30.2 Å². The summed E-state index contributed by atoms with van der Waals surface area (Å²) in [7, 11) is 0. The van der Waals surface area contributed by atoms with E-state index in [2.05, 4.69) is 22.5 Å². The third-order valence-electron chi connectivity index (χ3n) is 3.54. The molecule has 1 N–H and O–H groups in total. The van der Waals surface area contributed by atoms with Gasteiger partial charge in [-0.15, -0.1) is 0 Å². The summed E-state index contributed by atoms with van der Waals surface area (Å²) in [5, 5.41) is 7.86. The van der Waals surface area contributed by atoms with Crippen LogP contribution in [0.15, 0.2) is 60.9 Å². The summed E-state index contributed by atoms with van der Waals surface area (Å²) in [6.45, 7) is 0.734. The highest BCUT2D eigenvalue weighted by Gasteiger charge is 2.12. The predicted octanol–water partition coefficient (Wildman–Crippen LogP) is 4.68. The Bertz CT molecular complexity index is 846. The van der Waals surface area contributed by atoms with Gasteiger partial charge in [0.1, 0.15) is 0 Å². The molecule has 3 rings (SSSR count). The van der Waals surface area contributed by atoms with Crippen LogP contribution in [0, 0.1) is 0 Å². The molecule has 1 aromatic heterocycles. The second-order valence-corrected chi connectivity index (χ2v) is 6.15. The van der Waals surface area contributed by atoms with Crippen molar-refractivity contribution < 1.29 is 4.79 Å². The topological polar surface area (TPSA) is 46.9 Å². The van der Waals surface area contributed by atoms with Crippen molar-refractivity contribution in [3.63, 3.8) is 0 Å². The molecule has 0 aliphatic rings. The first-order chi connectivity index (χ1) is 11.6. The second-order valence-electron chi connectivity index (χ2n) is 5.31. The SMILES string of the molecule is O=C(Nc1cnn(CCc2ccccc2)c1)c1cc(Cl)ccc1Cl. The molecule has 0 aliphatic heterocycles. The zero-order valence-electron chi connectivity index (χ0n) is 12.7. The second kappa shape index (κ2) is 7.51. The lowest BCUT2D eigenvalue weighted by Crippen LogP contribution is -2.12. The molecule has 4 nitrogen and oxygen atoms in total. The van der Waals surface area contributed by atoms with Crippen molar-refractivity contribution in [2.45, 2.75) is 13.0 Å². The first-order valence-electron chi connectivity index (χ1n) is 7.44. The molecule has 0 saturated carbocycles. The smallest absolute Gasteiger partial charge is 0.257 e. The average Bonchev–Trinajstić information content (AvgIpc) is 3.03. The van der Waals surface area contributed by atoms with Gasteiger partial charge in [0.15, 0.2) is 0 Å². The highest BCUT2D eigenvalue weighted by Crippen LogP contribution is 2.21. The Hall–Kier alpha value is -2.30. The molecule has 0 unspecified atom stereocenters. The Kier molecular flexibility index (Phi) is 5.18. The average molecular weight is 360 g/mol. The highest BCUT2D eigenvalue weighted by atomic mass is 35.5. The van der Waals surface area contributed by atoms with Crippen molar-refractivity contribution in [3.05, 3.63) is 82.1 Å². The predicted molar refractivity (Wildman–Crippen MR) is 96.8 cm³/mol. The lowest BCUT2D eigenvalue weighted by Gasteiger charge is -2.05. The van der Waals surface area contributed by atoms with Crippen LogP contribution in [0.3, 0.4) is 0 Å². The van der Waals surface area contributed by atoms with Crippen LogP contribution in [0.2, 0.25) is 10.0 Å². The summed E-state index contributed by atoms with van der Waals surface area (Å²) in [6, 6.07) is 15.0. The zero-order chi connectivity index (χ0) is 16.9. The van der Waals surface area contributed by atoms with E-state index in [-0.39, 0.29) is 5.91 Å². The van der Waals surface area contributed by atoms with Gasteiger partial charge in [0, 0.05) is 17.8 Å². The van der Waals surface area contributed by atoms with Gasteiger partial charge in [0.2, 0.25) is 0 Å². The number of aryl methyl sites for hydroxylation is 2. The van der Waals surface area contributed by atoms with Gasteiger partial charge < -0.3 is 5.32 Å². The minimum absolute atomic E-state index is 0.315. The molecule has 2 aromatic carbocycles. The van der Waals surface area contributed by atoms with Gasteiger partial charge >= 0.3 is 0 Å². The molecule has 1 heterocycles. The third kappa shape index (κ3) is 4.16. The molecule has 0 fully saturated rings. The minimum Gasteiger partial charge on any atom is -0.319 e. The van der Waals surface area contributed by atoms with E-state index < -0.39 is 0 Å². The van der Waals surface area contributed by atoms with E-state index in [1.54, 1.807) is 35.3 Å². The summed E-state index contributed by atoms with van der Waals surface area (Å²) < 4.78 is 1.79. The van der Waals surface area contributed by atoms with Crippen molar-refractivity contribution in [2.24, 2.45) is 0 Å². The maximum absolute atomic E-state index is 12.3. The van der Waals surface area contributed by atoms with E-state index in [0.717, 1.165) is 13.0 Å². The summed E-state index contributed by atoms with van der Waals surface area (Å²) in [6.07, 6.45) is 4.27. The Labute approximate surface area is 150 Å². The molecule has 0 spiro atoms. The lowest BCUT2D eigenvalue weighted by molar-refractivity contribution is 0.102. The zero-order valence-corrected chi connectivity index (χ0v) is 14.3. The molecule has 0 aliphatic carbocycles. The van der Waals surface area contributed by atoms with Gasteiger partial charge in [-0.1, -0.05) is 53.5 Å². The molecule has 0 radical (unpaired) electrons. The fourth-order valence-corrected chi connectivity index (χ4v) is 2.68. The quantitative estimate of drug-likeness (QED) is 0.718. The maximum Gasteiger partial charge on any atom is 0.257 e. The third-order valence-corrected chi connectivity index (χ3v) is 4.10. The highest BCUT2D eigenvalue weighted by molar-refractivity contribution is 6.36. The van der Waals surface area contributed by atoms with E-state index in [1.165, 1.54) is 5.56 Å². The van der Waals surface area contributed by atoms with Gasteiger partial charge in [-0.2, -0.15) is 5.10 Å². The van der Waals surface area contributed by atoms with E-state index in [1.807, 2.05) is 18.2 Å². The van der Waals surface area contributed by atoms with E-state index in [0.29, 0.717) is 21.3 Å². The maximum atomic E-state index is 12.3. The van der Waals surface area contributed by atoms with Gasteiger partial charge in [0.25, 0.3) is 5.91 Å². The molecule has 0 saturated heterocycles. The number of nitrogens with one attached hydrogen (secondary N) is 1. The van der Waals surface area contributed by atoms with Gasteiger partial charge in [-0.25, -0.2) is 0 Å². The first-order valence-corrected chi connectivity index (χ1v) is 8.20. The summed E-state index contributed by atoms with van der Waals surface area (Å²) in [4.78, 5) is 12.3. The first kappa shape index (κ1) is 16.6. The number of aromatic nitrogens is 2. The fraction of sp³-hybridized carbons (Fsp3) is 0.111. The number of hydrogen-bond donors (Lipinski definition) is 1. The molecular formula is C18H15Cl2N3O. The Balaban J connectivity index is 1.63. The van der Waals surface area contributed by atoms with Crippen LogP contribution < -0.4 is 5.32 Å². The monoisotopic (exact) mass is 359 g/mol. The normalized spacial score (nSPS) is 10.6. The van der Waals surface area contributed by atoms with Gasteiger partial charge in [-0.3, -0.25) is 9.48 Å². The Morgan fingerprint density at radius 3 is 2.71 bits per heavy atom. The lowest BCUT2D eigenvalue weighted by atomic mass is 10.1. The number of anilines is 1. The number of hydrogen-bond acceptors (Lipinski definition) is 2. The molecule has 1 amide bonds. The van der Waals surface area contributed by atoms with Gasteiger partial charge in [0.05, 0.1) is 22.5 Å². The van der Waals surface area contributed by atoms with Crippen LogP contribution in [0.25, 0.3) is 0 Å². The minimum atomic E-state index is -0.315. The van der Waals surface area contributed by atoms with Crippen molar-refractivity contribution in [1.82, 2.24) is 9.78 Å². The number of carbonyl (C=O) groups is 1. The number of rotatable bonds is 5. The van der Waals surface area contributed by atoms with E-state index in [9.17, 15) is 4.79 Å².